The molecule has 4 fully saturated rings. The molecule has 2 aliphatic carbocycles. The molecule has 10 atom stereocenters. The van der Waals surface area contributed by atoms with Crippen LogP contribution >= 0.6 is 0 Å². The van der Waals surface area contributed by atoms with Crippen molar-refractivity contribution < 1.29 is 38.4 Å². The topological polar surface area (TPSA) is 112 Å². The maximum absolute atomic E-state index is 12.8. The van der Waals surface area contributed by atoms with Crippen LogP contribution in [0.3, 0.4) is 0 Å². The van der Waals surface area contributed by atoms with E-state index >= 15 is 0 Å². The van der Waals surface area contributed by atoms with Gasteiger partial charge in [0.05, 0.1) is 19.1 Å². The Balaban J connectivity index is 1.65. The van der Waals surface area contributed by atoms with Gasteiger partial charge in [-0.15, -0.1) is 0 Å². The van der Waals surface area contributed by atoms with Crippen LogP contribution in [0.4, 0.5) is 0 Å². The molecule has 0 aromatic rings. The predicted molar refractivity (Wildman–Crippen MR) is 91.5 cm³/mol. The van der Waals surface area contributed by atoms with Gasteiger partial charge in [0.2, 0.25) is 0 Å². The van der Waals surface area contributed by atoms with Gasteiger partial charge >= 0.3 is 17.9 Å². The molecule has 2 saturated carbocycles. The fraction of sp³-hybridized carbons (Fsp3) is 0.750. The lowest BCUT2D eigenvalue weighted by Crippen LogP contribution is -2.63. The molecule has 0 bridgehead atoms. The Morgan fingerprint density at radius 2 is 2.04 bits per heavy atom. The summed E-state index contributed by atoms with van der Waals surface area (Å²) in [5.74, 6) is -3.18. The molecule has 8 heteroatoms. The third-order valence-electron chi connectivity index (χ3n) is 7.81. The normalized spacial score (nSPS) is 51.6. The number of rotatable bonds is 2. The zero-order valence-electron chi connectivity index (χ0n) is 16.2. The van der Waals surface area contributed by atoms with Gasteiger partial charge in [-0.1, -0.05) is 6.92 Å². The molecule has 0 aromatic carbocycles. The van der Waals surface area contributed by atoms with Crippen LogP contribution in [0.25, 0.3) is 0 Å². The van der Waals surface area contributed by atoms with Crippen molar-refractivity contribution in [1.82, 2.24) is 0 Å². The molecule has 28 heavy (non-hydrogen) atoms. The van der Waals surface area contributed by atoms with Crippen molar-refractivity contribution in [3.05, 3.63) is 11.6 Å². The first-order valence-electron chi connectivity index (χ1n) is 9.69. The lowest BCUT2D eigenvalue weighted by Gasteiger charge is -2.56. The van der Waals surface area contributed by atoms with Gasteiger partial charge in [-0.3, -0.25) is 9.59 Å². The van der Waals surface area contributed by atoms with E-state index in [0.29, 0.717) is 6.42 Å². The summed E-state index contributed by atoms with van der Waals surface area (Å²) in [6.45, 7) is 5.46. The molecule has 0 aromatic heterocycles. The number of carbonyl (C=O) groups is 3. The van der Waals surface area contributed by atoms with E-state index in [1.165, 1.54) is 13.2 Å². The highest BCUT2D eigenvalue weighted by molar-refractivity contribution is 5.87. The first-order chi connectivity index (χ1) is 13.1. The molecule has 0 spiro atoms. The number of aliphatic hydroxyl groups excluding tert-OH is 1. The monoisotopic (exact) mass is 392 g/mol. The second-order valence-corrected chi connectivity index (χ2v) is 9.18. The van der Waals surface area contributed by atoms with Gasteiger partial charge in [-0.05, 0) is 31.3 Å². The Labute approximate surface area is 162 Å². The van der Waals surface area contributed by atoms with Gasteiger partial charge in [0, 0.05) is 17.9 Å². The number of aliphatic hydroxyl groups is 1. The van der Waals surface area contributed by atoms with Crippen LogP contribution in [-0.4, -0.2) is 60.6 Å². The SMILES string of the molecule is COC(=O)C(C)C1OC(=O)C=C2C1C(O)C1OC(=O)C3(C)C4OC4CC2(C)C13. The molecule has 1 N–H and O–H groups in total. The van der Waals surface area contributed by atoms with E-state index < -0.39 is 52.9 Å². The summed E-state index contributed by atoms with van der Waals surface area (Å²) in [5.41, 5.74) is -0.725. The summed E-state index contributed by atoms with van der Waals surface area (Å²) in [4.78, 5) is 37.4. The third kappa shape index (κ3) is 1.95. The van der Waals surface area contributed by atoms with E-state index in [9.17, 15) is 19.5 Å². The molecule has 10 unspecified atom stereocenters. The summed E-state index contributed by atoms with van der Waals surface area (Å²) in [6, 6.07) is 0. The zero-order chi connectivity index (χ0) is 20.2. The van der Waals surface area contributed by atoms with Crippen LogP contribution in [0.15, 0.2) is 11.6 Å². The summed E-state index contributed by atoms with van der Waals surface area (Å²) >= 11 is 0. The highest BCUT2D eigenvalue weighted by Crippen LogP contribution is 2.70. The molecule has 8 nitrogen and oxygen atoms in total. The van der Waals surface area contributed by atoms with E-state index in [4.69, 9.17) is 18.9 Å². The average molecular weight is 392 g/mol. The first kappa shape index (κ1) is 18.1. The molecule has 152 valence electrons. The molecule has 3 aliphatic heterocycles. The fourth-order valence-corrected chi connectivity index (χ4v) is 6.54. The minimum Gasteiger partial charge on any atom is -0.469 e. The largest absolute Gasteiger partial charge is 0.469 e. The van der Waals surface area contributed by atoms with Crippen molar-refractivity contribution in [2.75, 3.05) is 7.11 Å². The van der Waals surface area contributed by atoms with Crippen LogP contribution in [0.2, 0.25) is 0 Å². The fourth-order valence-electron chi connectivity index (χ4n) is 6.54. The molecule has 5 aliphatic rings. The summed E-state index contributed by atoms with van der Waals surface area (Å²) in [5, 5.41) is 11.2. The quantitative estimate of drug-likeness (QED) is 0.407. The molecule has 0 radical (unpaired) electrons. The van der Waals surface area contributed by atoms with Crippen molar-refractivity contribution in [1.29, 1.82) is 0 Å². The van der Waals surface area contributed by atoms with Crippen LogP contribution in [0, 0.1) is 28.6 Å². The van der Waals surface area contributed by atoms with E-state index in [-0.39, 0.29) is 24.1 Å². The smallest absolute Gasteiger partial charge is 0.331 e. The van der Waals surface area contributed by atoms with E-state index in [1.54, 1.807) is 6.92 Å². The number of methoxy groups -OCH3 is 1. The number of cyclic esters (lactones) is 1. The van der Waals surface area contributed by atoms with E-state index in [1.807, 2.05) is 13.8 Å². The van der Waals surface area contributed by atoms with Crippen LogP contribution in [0.5, 0.6) is 0 Å². The predicted octanol–water partition coefficient (Wildman–Crippen LogP) is 0.363. The number of esters is 3. The molecule has 5 rings (SSSR count). The highest BCUT2D eigenvalue weighted by Gasteiger charge is 2.78. The Bertz CT molecular complexity index is 819. The average Bonchev–Trinajstić information content (AvgIpc) is 3.37. The van der Waals surface area contributed by atoms with Crippen molar-refractivity contribution in [3.8, 4) is 0 Å². The van der Waals surface area contributed by atoms with Crippen LogP contribution in [-0.2, 0) is 33.3 Å². The number of carbonyl (C=O) groups excluding carboxylic acids is 3. The highest BCUT2D eigenvalue weighted by atomic mass is 16.6. The second kappa shape index (κ2) is 5.36. The van der Waals surface area contributed by atoms with Crippen molar-refractivity contribution >= 4 is 17.9 Å². The Morgan fingerprint density at radius 3 is 2.71 bits per heavy atom. The van der Waals surface area contributed by atoms with Crippen LogP contribution < -0.4 is 0 Å². The van der Waals surface area contributed by atoms with Crippen molar-refractivity contribution in [3.63, 3.8) is 0 Å². The summed E-state index contributed by atoms with van der Waals surface area (Å²) in [6.07, 6.45) is -0.953. The lowest BCUT2D eigenvalue weighted by atomic mass is 9.46. The van der Waals surface area contributed by atoms with E-state index in [0.717, 1.165) is 5.57 Å². The summed E-state index contributed by atoms with van der Waals surface area (Å²) < 4.78 is 21.8. The zero-order valence-corrected chi connectivity index (χ0v) is 16.2. The van der Waals surface area contributed by atoms with Crippen molar-refractivity contribution in [2.45, 2.75) is 57.7 Å². The van der Waals surface area contributed by atoms with Gasteiger partial charge in [-0.2, -0.15) is 0 Å². The third-order valence-corrected chi connectivity index (χ3v) is 7.81. The van der Waals surface area contributed by atoms with Gasteiger partial charge in [0.25, 0.3) is 0 Å². The van der Waals surface area contributed by atoms with Gasteiger partial charge in [0.15, 0.2) is 0 Å². The lowest BCUT2D eigenvalue weighted by molar-refractivity contribution is -0.178. The standard InChI is InChI=1S/C20H24O8/c1-7(17(23)25-4)13-11-8(5-10(21)27-13)19(2)6-9-16(26-9)20(3)15(19)14(12(11)22)28-18(20)24/h5,7,9,11-16,22H,6H2,1-4H3. The number of fused-ring (bicyclic) bond motifs is 4. The second-order valence-electron chi connectivity index (χ2n) is 9.18. The maximum atomic E-state index is 12.8. The molecular weight excluding hydrogens is 368 g/mol. The molecular formula is C20H24O8. The number of ether oxygens (including phenoxy) is 4. The molecule has 3 heterocycles. The van der Waals surface area contributed by atoms with Gasteiger partial charge < -0.3 is 24.1 Å². The first-order valence-corrected chi connectivity index (χ1v) is 9.69. The Hall–Kier alpha value is -1.93. The Kier molecular flexibility index (Phi) is 3.47. The van der Waals surface area contributed by atoms with Gasteiger partial charge in [-0.25, -0.2) is 4.79 Å². The maximum Gasteiger partial charge on any atom is 0.331 e. The molecule has 0 amide bonds. The van der Waals surface area contributed by atoms with Crippen LogP contribution in [0.1, 0.15) is 27.2 Å². The Morgan fingerprint density at radius 1 is 1.32 bits per heavy atom. The summed E-state index contributed by atoms with van der Waals surface area (Å²) in [7, 11) is 1.27. The minimum absolute atomic E-state index is 0.0798. The number of hydrogen-bond donors (Lipinski definition) is 1. The van der Waals surface area contributed by atoms with Crippen molar-refractivity contribution in [2.24, 2.45) is 28.6 Å². The van der Waals surface area contributed by atoms with Gasteiger partial charge in [0.1, 0.15) is 29.8 Å². The van der Waals surface area contributed by atoms with E-state index in [2.05, 4.69) is 0 Å². The molecule has 2 saturated heterocycles. The number of epoxide rings is 1. The minimum atomic E-state index is -1.09. The number of hydrogen-bond acceptors (Lipinski definition) is 8.